The van der Waals surface area contributed by atoms with E-state index in [0.29, 0.717) is 5.02 Å². The number of nitrogens with one attached hydrogen (secondary N) is 1. The minimum Gasteiger partial charge on any atom is -0.452 e. The first-order chi connectivity index (χ1) is 10.7. The molecule has 1 saturated carbocycles. The first kappa shape index (κ1) is 16.8. The molecule has 5 heteroatoms. The van der Waals surface area contributed by atoms with Gasteiger partial charge in [-0.15, -0.1) is 0 Å². The average Bonchev–Trinajstić information content (AvgIpc) is 2.48. The van der Waals surface area contributed by atoms with Crippen LogP contribution in [-0.4, -0.2) is 24.5 Å². The van der Waals surface area contributed by atoms with Crippen LogP contribution in [0.4, 0.5) is 0 Å². The van der Waals surface area contributed by atoms with Crippen LogP contribution in [-0.2, 0) is 9.53 Å². The second-order valence-corrected chi connectivity index (χ2v) is 6.07. The molecule has 0 aliphatic heterocycles. The summed E-state index contributed by atoms with van der Waals surface area (Å²) in [6, 6.07) is 6.84. The van der Waals surface area contributed by atoms with E-state index < -0.39 is 5.97 Å². The van der Waals surface area contributed by atoms with Gasteiger partial charge in [0.15, 0.2) is 6.61 Å². The van der Waals surface area contributed by atoms with E-state index in [4.69, 9.17) is 16.3 Å². The molecule has 0 radical (unpaired) electrons. The van der Waals surface area contributed by atoms with Crippen molar-refractivity contribution >= 4 is 23.5 Å². The molecule has 1 aromatic carbocycles. The highest BCUT2D eigenvalue weighted by Crippen LogP contribution is 2.17. The van der Waals surface area contributed by atoms with Crippen LogP contribution in [0.2, 0.25) is 5.02 Å². The summed E-state index contributed by atoms with van der Waals surface area (Å²) in [5.74, 6) is -0.815. The summed E-state index contributed by atoms with van der Waals surface area (Å²) in [5, 5.41) is 3.29. The highest BCUT2D eigenvalue weighted by molar-refractivity contribution is 6.33. The molecule has 0 spiro atoms. The van der Waals surface area contributed by atoms with Gasteiger partial charge in [0.2, 0.25) is 0 Å². The standard InChI is InChI=1S/C17H22ClNO3/c18-15-11-7-6-10-14(15)17(21)22-12-16(20)19-13-8-4-2-1-3-5-9-13/h6-7,10-11,13H,1-5,8-9,12H2,(H,19,20). The van der Waals surface area contributed by atoms with E-state index in [1.165, 1.54) is 19.3 Å². The van der Waals surface area contributed by atoms with Crippen molar-refractivity contribution in [2.24, 2.45) is 0 Å². The molecule has 4 nitrogen and oxygen atoms in total. The lowest BCUT2D eigenvalue weighted by atomic mass is 9.97. The normalized spacial score (nSPS) is 16.4. The number of hydrogen-bond acceptors (Lipinski definition) is 3. The molecule has 2 rings (SSSR count). The molecule has 0 aromatic heterocycles. The van der Waals surface area contributed by atoms with Crippen LogP contribution >= 0.6 is 11.6 Å². The van der Waals surface area contributed by atoms with E-state index in [-0.39, 0.29) is 24.1 Å². The molecule has 1 aliphatic carbocycles. The van der Waals surface area contributed by atoms with Crippen LogP contribution in [0.15, 0.2) is 24.3 Å². The Bertz CT molecular complexity index is 510. The van der Waals surface area contributed by atoms with Gasteiger partial charge >= 0.3 is 5.97 Å². The fourth-order valence-corrected chi connectivity index (χ4v) is 2.92. The molecule has 0 bridgehead atoms. The zero-order valence-electron chi connectivity index (χ0n) is 12.6. The third-order valence-corrected chi connectivity index (χ3v) is 4.23. The second kappa shape index (κ2) is 8.79. The van der Waals surface area contributed by atoms with Crippen LogP contribution in [0.3, 0.4) is 0 Å². The van der Waals surface area contributed by atoms with Gasteiger partial charge in [-0.2, -0.15) is 0 Å². The number of ether oxygens (including phenoxy) is 1. The monoisotopic (exact) mass is 323 g/mol. The smallest absolute Gasteiger partial charge is 0.340 e. The van der Waals surface area contributed by atoms with E-state index in [0.717, 1.165) is 25.7 Å². The van der Waals surface area contributed by atoms with Crippen LogP contribution < -0.4 is 5.32 Å². The Morgan fingerprint density at radius 1 is 1.09 bits per heavy atom. The van der Waals surface area contributed by atoms with Crippen LogP contribution in [0.1, 0.15) is 55.3 Å². The molecule has 1 aliphatic rings. The quantitative estimate of drug-likeness (QED) is 0.859. The summed E-state index contributed by atoms with van der Waals surface area (Å²) in [4.78, 5) is 23.8. The highest BCUT2D eigenvalue weighted by atomic mass is 35.5. The van der Waals surface area contributed by atoms with Gasteiger partial charge < -0.3 is 10.1 Å². The van der Waals surface area contributed by atoms with Crippen molar-refractivity contribution in [1.29, 1.82) is 0 Å². The fraction of sp³-hybridized carbons (Fsp3) is 0.529. The number of amides is 1. The maximum atomic E-state index is 11.9. The first-order valence-electron chi connectivity index (χ1n) is 7.88. The van der Waals surface area contributed by atoms with Crippen LogP contribution in [0, 0.1) is 0 Å². The third kappa shape index (κ3) is 5.34. The molecule has 22 heavy (non-hydrogen) atoms. The number of hydrogen-bond donors (Lipinski definition) is 1. The molecule has 1 aromatic rings. The van der Waals surface area contributed by atoms with Gasteiger partial charge in [-0.1, -0.05) is 55.8 Å². The van der Waals surface area contributed by atoms with Gasteiger partial charge in [-0.25, -0.2) is 4.79 Å². The number of benzene rings is 1. The van der Waals surface area contributed by atoms with E-state index in [1.54, 1.807) is 24.3 Å². The Morgan fingerprint density at radius 2 is 1.73 bits per heavy atom. The molecule has 1 N–H and O–H groups in total. The van der Waals surface area contributed by atoms with Gasteiger partial charge in [0.25, 0.3) is 5.91 Å². The maximum absolute atomic E-state index is 11.9. The van der Waals surface area contributed by atoms with Gasteiger partial charge in [0, 0.05) is 6.04 Å². The Kier molecular flexibility index (Phi) is 6.72. The number of halogens is 1. The Hall–Kier alpha value is -1.55. The summed E-state index contributed by atoms with van der Waals surface area (Å²) in [6.07, 6.45) is 8.04. The van der Waals surface area contributed by atoms with E-state index in [9.17, 15) is 9.59 Å². The fourth-order valence-electron chi connectivity index (χ4n) is 2.71. The topological polar surface area (TPSA) is 55.4 Å². The largest absolute Gasteiger partial charge is 0.452 e. The van der Waals surface area contributed by atoms with E-state index in [1.807, 2.05) is 0 Å². The molecule has 120 valence electrons. The predicted octanol–water partition coefficient (Wildman–Crippen LogP) is 3.73. The Labute approximate surface area is 136 Å². The maximum Gasteiger partial charge on any atom is 0.340 e. The third-order valence-electron chi connectivity index (χ3n) is 3.90. The molecule has 1 amide bonds. The van der Waals surface area contributed by atoms with Crippen molar-refractivity contribution in [3.8, 4) is 0 Å². The second-order valence-electron chi connectivity index (χ2n) is 5.67. The molecular weight excluding hydrogens is 302 g/mol. The SMILES string of the molecule is O=C(COC(=O)c1ccccc1Cl)NC1CCCCCCC1. The Balaban J connectivity index is 1.77. The molecule has 0 atom stereocenters. The molecule has 0 unspecified atom stereocenters. The van der Waals surface area contributed by atoms with Gasteiger partial charge in [0.1, 0.15) is 0 Å². The molecule has 1 fully saturated rings. The van der Waals surface area contributed by atoms with Gasteiger partial charge in [-0.05, 0) is 25.0 Å². The minimum absolute atomic E-state index is 0.201. The summed E-state index contributed by atoms with van der Waals surface area (Å²) in [7, 11) is 0. The average molecular weight is 324 g/mol. The lowest BCUT2D eigenvalue weighted by molar-refractivity contribution is -0.125. The van der Waals surface area contributed by atoms with Crippen molar-refractivity contribution in [3.63, 3.8) is 0 Å². The van der Waals surface area contributed by atoms with Crippen molar-refractivity contribution in [2.45, 2.75) is 51.0 Å². The highest BCUT2D eigenvalue weighted by Gasteiger charge is 2.16. The molecule has 0 heterocycles. The zero-order chi connectivity index (χ0) is 15.8. The molecular formula is C17H22ClNO3. The van der Waals surface area contributed by atoms with Crippen molar-refractivity contribution in [2.75, 3.05) is 6.61 Å². The number of carbonyl (C=O) groups is 2. The van der Waals surface area contributed by atoms with E-state index in [2.05, 4.69) is 5.32 Å². The summed E-state index contributed by atoms with van der Waals surface area (Å²) in [6.45, 7) is -0.263. The number of rotatable bonds is 4. The first-order valence-corrected chi connectivity index (χ1v) is 8.25. The van der Waals surface area contributed by atoms with Crippen LogP contribution in [0.5, 0.6) is 0 Å². The van der Waals surface area contributed by atoms with Gasteiger partial charge in [-0.3, -0.25) is 4.79 Å². The van der Waals surface area contributed by atoms with Crippen LogP contribution in [0.25, 0.3) is 0 Å². The number of carbonyl (C=O) groups excluding carboxylic acids is 2. The summed E-state index contributed by atoms with van der Waals surface area (Å²) in [5.41, 5.74) is 0.280. The Morgan fingerprint density at radius 3 is 2.41 bits per heavy atom. The number of esters is 1. The lowest BCUT2D eigenvalue weighted by Gasteiger charge is -2.20. The van der Waals surface area contributed by atoms with Crippen molar-refractivity contribution in [3.05, 3.63) is 34.9 Å². The summed E-state index contributed by atoms with van der Waals surface area (Å²) < 4.78 is 5.03. The molecule has 0 saturated heterocycles. The summed E-state index contributed by atoms with van der Waals surface area (Å²) >= 11 is 5.92. The zero-order valence-corrected chi connectivity index (χ0v) is 13.4. The van der Waals surface area contributed by atoms with Crippen molar-refractivity contribution in [1.82, 2.24) is 5.32 Å². The van der Waals surface area contributed by atoms with E-state index >= 15 is 0 Å². The lowest BCUT2D eigenvalue weighted by Crippen LogP contribution is -2.38. The van der Waals surface area contributed by atoms with Gasteiger partial charge in [0.05, 0.1) is 10.6 Å². The van der Waals surface area contributed by atoms with Crippen molar-refractivity contribution < 1.29 is 14.3 Å². The predicted molar refractivity (Wildman–Crippen MR) is 86.0 cm³/mol. The minimum atomic E-state index is -0.571.